The highest BCUT2D eigenvalue weighted by Crippen LogP contribution is 2.52. The molecule has 6 heteroatoms. The number of para-hydroxylation sites is 1. The average Bonchev–Trinajstić information content (AvgIpc) is 3.37. The molecule has 0 radical (unpaired) electrons. The van der Waals surface area contributed by atoms with E-state index in [4.69, 9.17) is 0 Å². The van der Waals surface area contributed by atoms with Gasteiger partial charge in [0, 0.05) is 16.6 Å². The van der Waals surface area contributed by atoms with Crippen molar-refractivity contribution in [2.24, 2.45) is 5.92 Å². The Labute approximate surface area is 236 Å². The second-order valence-corrected chi connectivity index (χ2v) is 11.0. The zero-order valence-electron chi connectivity index (χ0n) is 21.3. The molecule has 0 spiro atoms. The van der Waals surface area contributed by atoms with E-state index in [0.29, 0.717) is 13.0 Å². The maximum absolute atomic E-state index is 14.7. The summed E-state index contributed by atoms with van der Waals surface area (Å²) in [6.45, 7) is 0.584. The lowest BCUT2D eigenvalue weighted by Gasteiger charge is -2.34. The van der Waals surface area contributed by atoms with E-state index < -0.39 is 11.3 Å². The number of benzene rings is 4. The molecule has 1 unspecified atom stereocenters. The van der Waals surface area contributed by atoms with Gasteiger partial charge in [0.2, 0.25) is 17.7 Å². The fraction of sp³-hybridized carbons (Fsp3) is 0.182. The number of likely N-dealkylation sites (tertiary alicyclic amines) is 1. The van der Waals surface area contributed by atoms with Crippen molar-refractivity contribution in [2.75, 3.05) is 4.90 Å². The molecule has 5 nitrogen and oxygen atoms in total. The number of imide groups is 1. The first-order chi connectivity index (χ1) is 19.0. The number of carbonyl (C=O) groups is 3. The van der Waals surface area contributed by atoms with Crippen molar-refractivity contribution in [1.82, 2.24) is 4.90 Å². The Bertz CT molecular complexity index is 1560. The highest BCUT2D eigenvalue weighted by atomic mass is 79.9. The molecular weight excluding hydrogens is 552 g/mol. The summed E-state index contributed by atoms with van der Waals surface area (Å²) in [4.78, 5) is 45.4. The minimum absolute atomic E-state index is 0.00459. The van der Waals surface area contributed by atoms with Crippen LogP contribution in [-0.2, 0) is 39.3 Å². The Kier molecular flexibility index (Phi) is 6.65. The Balaban J connectivity index is 1.47. The molecule has 0 saturated carbocycles. The van der Waals surface area contributed by atoms with Gasteiger partial charge < -0.3 is 4.90 Å². The molecule has 0 aromatic heterocycles. The quantitative estimate of drug-likeness (QED) is 0.251. The highest BCUT2D eigenvalue weighted by molar-refractivity contribution is 9.10. The zero-order valence-corrected chi connectivity index (χ0v) is 22.9. The van der Waals surface area contributed by atoms with Crippen molar-refractivity contribution in [3.05, 3.63) is 136 Å². The lowest BCUT2D eigenvalue weighted by Crippen LogP contribution is -2.49. The van der Waals surface area contributed by atoms with E-state index >= 15 is 0 Å². The maximum Gasteiger partial charge on any atom is 0.239 e. The van der Waals surface area contributed by atoms with Gasteiger partial charge in [0.05, 0.1) is 24.4 Å². The monoisotopic (exact) mass is 578 g/mol. The normalized spacial score (nSPS) is 20.5. The first kappa shape index (κ1) is 25.3. The molecular formula is C33H27BrN2O3. The van der Waals surface area contributed by atoms with Crippen LogP contribution in [0.3, 0.4) is 0 Å². The predicted molar refractivity (Wildman–Crippen MR) is 154 cm³/mol. The second-order valence-electron chi connectivity index (χ2n) is 10.2. The van der Waals surface area contributed by atoms with Gasteiger partial charge in [-0.15, -0.1) is 0 Å². The van der Waals surface area contributed by atoms with Gasteiger partial charge in [-0.2, -0.15) is 0 Å². The first-order valence-electron chi connectivity index (χ1n) is 13.1. The van der Waals surface area contributed by atoms with Crippen molar-refractivity contribution < 1.29 is 14.4 Å². The molecule has 0 aliphatic carbocycles. The van der Waals surface area contributed by atoms with Crippen LogP contribution in [0.15, 0.2) is 114 Å². The van der Waals surface area contributed by atoms with E-state index in [-0.39, 0.29) is 30.7 Å². The summed E-state index contributed by atoms with van der Waals surface area (Å²) in [7, 11) is 0. The van der Waals surface area contributed by atoms with E-state index in [9.17, 15) is 14.4 Å². The Morgan fingerprint density at radius 1 is 0.692 bits per heavy atom. The number of halogens is 1. The summed E-state index contributed by atoms with van der Waals surface area (Å²) in [5, 5.41) is 0. The lowest BCUT2D eigenvalue weighted by atomic mass is 9.66. The third-order valence-electron chi connectivity index (χ3n) is 7.94. The summed E-state index contributed by atoms with van der Waals surface area (Å²) < 4.78 is 0.870. The number of carbonyl (C=O) groups excluding carboxylic acids is 3. The number of rotatable bonds is 7. The minimum atomic E-state index is -1.21. The molecule has 0 bridgehead atoms. The van der Waals surface area contributed by atoms with Gasteiger partial charge in [-0.05, 0) is 40.8 Å². The molecule has 2 aliphatic rings. The predicted octanol–water partition coefficient (Wildman–Crippen LogP) is 6.05. The molecule has 4 aromatic carbocycles. The molecule has 2 aliphatic heterocycles. The molecule has 39 heavy (non-hydrogen) atoms. The van der Waals surface area contributed by atoms with Crippen LogP contribution in [0, 0.1) is 5.92 Å². The summed E-state index contributed by atoms with van der Waals surface area (Å²) in [6, 6.07) is 34.9. The SMILES string of the molecule is O=C1CC([C@]2(Cc3ccccc3Br)C(=O)N(Cc3ccccc3)c3ccccc32)C(=O)N1Cc1ccccc1. The molecule has 3 amide bonds. The largest absolute Gasteiger partial charge is 0.307 e. The van der Waals surface area contributed by atoms with Gasteiger partial charge in [-0.25, -0.2) is 0 Å². The Morgan fingerprint density at radius 2 is 1.26 bits per heavy atom. The van der Waals surface area contributed by atoms with Gasteiger partial charge in [0.25, 0.3) is 0 Å². The third kappa shape index (κ3) is 4.39. The van der Waals surface area contributed by atoms with Crippen LogP contribution < -0.4 is 4.90 Å². The van der Waals surface area contributed by atoms with Crippen molar-refractivity contribution >= 4 is 39.3 Å². The molecule has 1 saturated heterocycles. The van der Waals surface area contributed by atoms with Crippen LogP contribution in [-0.4, -0.2) is 22.6 Å². The Morgan fingerprint density at radius 3 is 1.92 bits per heavy atom. The number of anilines is 1. The standard InChI is InChI=1S/C33H27BrN2O3/c34-28-17-9-7-15-25(28)20-33(27-19-30(37)36(31(27)38)22-24-13-5-2-6-14-24)26-16-8-10-18-29(26)35(32(33)39)21-23-11-3-1-4-12-23/h1-18,27H,19-22H2/t27?,33-/m1/s1. The van der Waals surface area contributed by atoms with Crippen molar-refractivity contribution in [3.63, 3.8) is 0 Å². The van der Waals surface area contributed by atoms with Gasteiger partial charge >= 0.3 is 0 Å². The molecule has 1 fully saturated rings. The van der Waals surface area contributed by atoms with Crippen LogP contribution in [0.2, 0.25) is 0 Å². The summed E-state index contributed by atoms with van der Waals surface area (Å²) in [5.41, 5.74) is 3.17. The minimum Gasteiger partial charge on any atom is -0.307 e. The van der Waals surface area contributed by atoms with E-state index in [0.717, 1.165) is 32.4 Å². The van der Waals surface area contributed by atoms with Crippen molar-refractivity contribution in [2.45, 2.75) is 31.3 Å². The van der Waals surface area contributed by atoms with Gasteiger partial charge in [0.15, 0.2) is 0 Å². The van der Waals surface area contributed by atoms with E-state index in [1.807, 2.05) is 109 Å². The number of hydrogen-bond donors (Lipinski definition) is 0. The number of fused-ring (bicyclic) bond motifs is 1. The van der Waals surface area contributed by atoms with Crippen LogP contribution in [0.4, 0.5) is 5.69 Å². The maximum atomic E-state index is 14.7. The summed E-state index contributed by atoms with van der Waals surface area (Å²) in [6.07, 6.45) is 0.299. The summed E-state index contributed by atoms with van der Waals surface area (Å²) in [5.74, 6) is -1.49. The average molecular weight is 579 g/mol. The molecule has 2 heterocycles. The first-order valence-corrected chi connectivity index (χ1v) is 13.9. The van der Waals surface area contributed by atoms with Crippen LogP contribution in [0.5, 0.6) is 0 Å². The zero-order chi connectivity index (χ0) is 27.0. The molecule has 6 rings (SSSR count). The van der Waals surface area contributed by atoms with Gasteiger partial charge in [0.1, 0.15) is 0 Å². The van der Waals surface area contributed by atoms with Gasteiger partial charge in [-0.1, -0.05) is 113 Å². The van der Waals surface area contributed by atoms with E-state index in [1.54, 1.807) is 4.90 Å². The molecule has 0 N–H and O–H groups in total. The number of nitrogens with zero attached hydrogens (tertiary/aromatic N) is 2. The van der Waals surface area contributed by atoms with Crippen LogP contribution >= 0.6 is 15.9 Å². The van der Waals surface area contributed by atoms with E-state index in [1.165, 1.54) is 4.90 Å². The van der Waals surface area contributed by atoms with Crippen LogP contribution in [0.1, 0.15) is 28.7 Å². The second kappa shape index (κ2) is 10.3. The third-order valence-corrected chi connectivity index (χ3v) is 8.71. The highest BCUT2D eigenvalue weighted by Gasteiger charge is 2.61. The van der Waals surface area contributed by atoms with Crippen molar-refractivity contribution in [1.29, 1.82) is 0 Å². The molecule has 194 valence electrons. The number of amides is 3. The molecule has 4 aromatic rings. The smallest absolute Gasteiger partial charge is 0.239 e. The lowest BCUT2D eigenvalue weighted by molar-refractivity contribution is -0.142. The van der Waals surface area contributed by atoms with Crippen LogP contribution in [0.25, 0.3) is 0 Å². The van der Waals surface area contributed by atoms with Gasteiger partial charge in [-0.3, -0.25) is 19.3 Å². The summed E-state index contributed by atoms with van der Waals surface area (Å²) >= 11 is 3.66. The fourth-order valence-electron chi connectivity index (χ4n) is 6.05. The Hall–Kier alpha value is -4.03. The van der Waals surface area contributed by atoms with E-state index in [2.05, 4.69) is 15.9 Å². The molecule has 2 atom stereocenters. The fourth-order valence-corrected chi connectivity index (χ4v) is 6.47. The van der Waals surface area contributed by atoms with Crippen molar-refractivity contribution in [3.8, 4) is 0 Å². The number of hydrogen-bond acceptors (Lipinski definition) is 3. The topological polar surface area (TPSA) is 57.7 Å².